The number of carbonyl (C=O) groups is 1. The van der Waals surface area contributed by atoms with Crippen LogP contribution in [0.2, 0.25) is 5.02 Å². The number of benzene rings is 2. The zero-order valence-corrected chi connectivity index (χ0v) is 11.1. The first-order chi connectivity index (χ1) is 9.11. The molecule has 0 spiro atoms. The van der Waals surface area contributed by atoms with Crippen molar-refractivity contribution in [2.45, 2.75) is 6.92 Å². The summed E-state index contributed by atoms with van der Waals surface area (Å²) in [5.74, 6) is -0.286. The van der Waals surface area contributed by atoms with Crippen molar-refractivity contribution < 1.29 is 14.6 Å². The Bertz CT molecular complexity index is 608. The fraction of sp³-hybridized carbons (Fsp3) is 0.133. The molecule has 2 aromatic carbocycles. The number of hydrogen-bond acceptors (Lipinski definition) is 2. The van der Waals surface area contributed by atoms with E-state index in [0.29, 0.717) is 22.9 Å². The van der Waals surface area contributed by atoms with Crippen LogP contribution >= 0.6 is 11.6 Å². The molecule has 0 aliphatic rings. The highest BCUT2D eigenvalue weighted by Crippen LogP contribution is 2.29. The van der Waals surface area contributed by atoms with Gasteiger partial charge in [0.25, 0.3) is 0 Å². The number of aromatic carboxylic acids is 1. The Kier molecular flexibility index (Phi) is 4.07. The van der Waals surface area contributed by atoms with Crippen molar-refractivity contribution in [1.82, 2.24) is 0 Å². The normalized spacial score (nSPS) is 10.2. The van der Waals surface area contributed by atoms with E-state index >= 15 is 0 Å². The van der Waals surface area contributed by atoms with Crippen molar-refractivity contribution in [3.05, 3.63) is 53.1 Å². The molecule has 2 rings (SSSR count). The van der Waals surface area contributed by atoms with E-state index in [1.54, 1.807) is 12.1 Å². The Labute approximate surface area is 116 Å². The number of ether oxygens (including phenoxy) is 1. The molecule has 0 heterocycles. The lowest BCUT2D eigenvalue weighted by atomic mass is 9.99. The van der Waals surface area contributed by atoms with Gasteiger partial charge in [-0.15, -0.1) is 0 Å². The molecular weight excluding hydrogens is 264 g/mol. The van der Waals surface area contributed by atoms with Crippen molar-refractivity contribution in [3.8, 4) is 16.9 Å². The minimum atomic E-state index is -1.00. The molecule has 0 saturated heterocycles. The van der Waals surface area contributed by atoms with Gasteiger partial charge in [-0.2, -0.15) is 0 Å². The minimum absolute atomic E-state index is 0.182. The van der Waals surface area contributed by atoms with Gasteiger partial charge in [0.05, 0.1) is 12.2 Å². The first kappa shape index (κ1) is 13.4. The molecule has 0 aliphatic heterocycles. The Morgan fingerprint density at radius 1 is 1.26 bits per heavy atom. The number of rotatable bonds is 4. The first-order valence-electron chi connectivity index (χ1n) is 5.88. The largest absolute Gasteiger partial charge is 0.494 e. The number of hydrogen-bond donors (Lipinski definition) is 1. The van der Waals surface area contributed by atoms with Crippen LogP contribution in [0.3, 0.4) is 0 Å². The van der Waals surface area contributed by atoms with Gasteiger partial charge in [0.2, 0.25) is 0 Å². The van der Waals surface area contributed by atoms with E-state index in [9.17, 15) is 9.90 Å². The summed E-state index contributed by atoms with van der Waals surface area (Å²) >= 11 is 5.84. The molecule has 0 amide bonds. The zero-order chi connectivity index (χ0) is 13.8. The van der Waals surface area contributed by atoms with Crippen molar-refractivity contribution in [2.75, 3.05) is 6.61 Å². The molecule has 0 unspecified atom stereocenters. The predicted octanol–water partition coefficient (Wildman–Crippen LogP) is 4.10. The maximum absolute atomic E-state index is 11.3. The van der Waals surface area contributed by atoms with Crippen LogP contribution in [0, 0.1) is 0 Å². The fourth-order valence-corrected chi connectivity index (χ4v) is 2.04. The lowest BCUT2D eigenvalue weighted by Crippen LogP contribution is -1.99. The van der Waals surface area contributed by atoms with Gasteiger partial charge >= 0.3 is 5.97 Å². The van der Waals surface area contributed by atoms with Crippen LogP contribution in [0.15, 0.2) is 42.5 Å². The summed E-state index contributed by atoms with van der Waals surface area (Å²) in [6.07, 6.45) is 0. The molecular formula is C15H13ClO3. The van der Waals surface area contributed by atoms with Gasteiger partial charge in [-0.25, -0.2) is 4.79 Å². The van der Waals surface area contributed by atoms with E-state index < -0.39 is 5.97 Å². The average molecular weight is 277 g/mol. The Hall–Kier alpha value is -2.00. The molecule has 2 aromatic rings. The fourth-order valence-electron chi connectivity index (χ4n) is 1.87. The van der Waals surface area contributed by atoms with Crippen LogP contribution in [-0.4, -0.2) is 17.7 Å². The third-order valence-electron chi connectivity index (χ3n) is 2.67. The Morgan fingerprint density at radius 3 is 2.74 bits per heavy atom. The summed E-state index contributed by atoms with van der Waals surface area (Å²) in [4.78, 5) is 11.3. The van der Waals surface area contributed by atoms with Gasteiger partial charge < -0.3 is 9.84 Å². The summed E-state index contributed by atoms with van der Waals surface area (Å²) < 4.78 is 5.42. The highest BCUT2D eigenvalue weighted by Gasteiger charge is 2.12. The maximum Gasteiger partial charge on any atom is 0.336 e. The van der Waals surface area contributed by atoms with E-state index in [0.717, 1.165) is 5.56 Å². The minimum Gasteiger partial charge on any atom is -0.494 e. The average Bonchev–Trinajstić information content (AvgIpc) is 2.39. The molecule has 0 fully saturated rings. The van der Waals surface area contributed by atoms with Gasteiger partial charge in [-0.05, 0) is 42.3 Å². The van der Waals surface area contributed by atoms with E-state index in [4.69, 9.17) is 16.3 Å². The van der Waals surface area contributed by atoms with Crippen LogP contribution in [0.1, 0.15) is 17.3 Å². The molecule has 4 heteroatoms. The smallest absolute Gasteiger partial charge is 0.336 e. The van der Waals surface area contributed by atoms with E-state index in [1.165, 1.54) is 6.07 Å². The predicted molar refractivity (Wildman–Crippen MR) is 75.0 cm³/mol. The molecule has 0 bridgehead atoms. The quantitative estimate of drug-likeness (QED) is 0.914. The molecule has 1 N–H and O–H groups in total. The third kappa shape index (κ3) is 3.06. The monoisotopic (exact) mass is 276 g/mol. The van der Waals surface area contributed by atoms with Crippen LogP contribution in [0.25, 0.3) is 11.1 Å². The molecule has 19 heavy (non-hydrogen) atoms. The molecule has 0 aromatic heterocycles. The lowest BCUT2D eigenvalue weighted by Gasteiger charge is -2.09. The number of halogens is 1. The topological polar surface area (TPSA) is 46.5 Å². The number of carboxylic acid groups (broad SMARTS) is 1. The second-order valence-corrected chi connectivity index (χ2v) is 4.39. The highest BCUT2D eigenvalue weighted by atomic mass is 35.5. The van der Waals surface area contributed by atoms with Gasteiger partial charge in [-0.3, -0.25) is 0 Å². The molecule has 0 saturated carbocycles. The van der Waals surface area contributed by atoms with E-state index in [2.05, 4.69) is 0 Å². The lowest BCUT2D eigenvalue weighted by molar-refractivity contribution is 0.0697. The van der Waals surface area contributed by atoms with Crippen molar-refractivity contribution in [1.29, 1.82) is 0 Å². The Morgan fingerprint density at radius 2 is 2.05 bits per heavy atom. The number of carboxylic acids is 1. The van der Waals surface area contributed by atoms with E-state index in [1.807, 2.05) is 31.2 Å². The van der Waals surface area contributed by atoms with Gasteiger partial charge in [0.1, 0.15) is 5.75 Å². The van der Waals surface area contributed by atoms with Crippen LogP contribution in [-0.2, 0) is 0 Å². The molecule has 3 nitrogen and oxygen atoms in total. The summed E-state index contributed by atoms with van der Waals surface area (Å²) in [5.41, 5.74) is 1.60. The zero-order valence-electron chi connectivity index (χ0n) is 10.4. The van der Waals surface area contributed by atoms with Crippen LogP contribution in [0.5, 0.6) is 5.75 Å². The van der Waals surface area contributed by atoms with E-state index in [-0.39, 0.29) is 5.56 Å². The summed E-state index contributed by atoms with van der Waals surface area (Å²) in [6.45, 7) is 2.47. The Balaban J connectivity index is 2.52. The molecule has 0 radical (unpaired) electrons. The van der Waals surface area contributed by atoms with Crippen LogP contribution < -0.4 is 4.74 Å². The molecule has 0 aliphatic carbocycles. The molecule has 98 valence electrons. The van der Waals surface area contributed by atoms with Crippen molar-refractivity contribution in [2.24, 2.45) is 0 Å². The first-order valence-corrected chi connectivity index (χ1v) is 6.25. The third-order valence-corrected chi connectivity index (χ3v) is 2.90. The van der Waals surface area contributed by atoms with Crippen molar-refractivity contribution >= 4 is 17.6 Å². The summed E-state index contributed by atoms with van der Waals surface area (Å²) in [7, 11) is 0. The second kappa shape index (κ2) is 5.76. The maximum atomic E-state index is 11.3. The molecule has 0 atom stereocenters. The van der Waals surface area contributed by atoms with Gasteiger partial charge in [0.15, 0.2) is 0 Å². The second-order valence-electron chi connectivity index (χ2n) is 3.96. The highest BCUT2D eigenvalue weighted by molar-refractivity contribution is 6.31. The van der Waals surface area contributed by atoms with Crippen LogP contribution in [0.4, 0.5) is 0 Å². The van der Waals surface area contributed by atoms with Gasteiger partial charge in [-0.1, -0.05) is 29.8 Å². The van der Waals surface area contributed by atoms with Crippen molar-refractivity contribution in [3.63, 3.8) is 0 Å². The summed E-state index contributed by atoms with van der Waals surface area (Å²) in [6, 6.07) is 12.2. The SMILES string of the molecule is CCOc1cccc(-c2ccc(Cl)cc2C(=O)O)c1. The summed E-state index contributed by atoms with van der Waals surface area (Å²) in [5, 5.41) is 9.64. The standard InChI is InChI=1S/C15H13ClO3/c1-2-19-12-5-3-4-10(8-12)13-7-6-11(16)9-14(13)15(17)18/h3-9H,2H2,1H3,(H,17,18). The van der Waals surface area contributed by atoms with Gasteiger partial charge in [0, 0.05) is 5.02 Å².